The molecule has 8 nitrogen and oxygen atoms in total. The lowest BCUT2D eigenvalue weighted by atomic mass is 9.80. The number of carbonyl (C=O) groups is 1. The molecule has 1 fully saturated rings. The van der Waals surface area contributed by atoms with E-state index in [1.807, 2.05) is 6.07 Å². The molecule has 2 aromatic heterocycles. The Morgan fingerprint density at radius 2 is 1.90 bits per heavy atom. The number of carbonyl (C=O) groups excluding carboxylic acids is 1. The van der Waals surface area contributed by atoms with Crippen LogP contribution in [0.1, 0.15) is 55.6 Å². The normalized spacial score (nSPS) is 21.8. The number of nitrogens with one attached hydrogen (secondary N) is 1. The molecule has 0 radical (unpaired) electrons. The molecule has 0 aromatic carbocycles. The monoisotopic (exact) mass is 549 g/mol. The van der Waals surface area contributed by atoms with Gasteiger partial charge in [-0.25, -0.2) is 28.1 Å². The van der Waals surface area contributed by atoms with Crippen LogP contribution in [0.4, 0.5) is 13.2 Å². The molecule has 0 bridgehead atoms. The topological polar surface area (TPSA) is 89.5 Å². The average molecular weight is 550 g/mol. The van der Waals surface area contributed by atoms with Crippen LogP contribution in [0.25, 0.3) is 0 Å². The number of Topliss-reactive ketones (excluding diaryl/α,β-unsaturated/α-hetero) is 1. The van der Waals surface area contributed by atoms with E-state index in [2.05, 4.69) is 25.2 Å². The minimum atomic E-state index is -2.53. The van der Waals surface area contributed by atoms with E-state index in [0.29, 0.717) is 43.7 Å². The Kier molecular flexibility index (Phi) is 10.5. The average Bonchev–Trinajstić information content (AvgIpc) is 3.13. The Hall–Kier alpha value is -2.79. The highest BCUT2D eigenvalue weighted by Gasteiger charge is 2.35. The lowest BCUT2D eigenvalue weighted by Gasteiger charge is -2.35. The zero-order valence-corrected chi connectivity index (χ0v) is 22.5. The SMILES string of the molecule is Cc1ncc(OCC(=O)CNC2CCC(F)(CCCN3CCc4ccc(OCC(F)F)nc4CC3)CC2)cn1. The number of rotatable bonds is 13. The number of halogens is 3. The Bertz CT molecular complexity index is 1060. The second-order valence-corrected chi connectivity index (χ2v) is 10.5. The standard InChI is InChI=1S/C28H38F3N5O3/c1-20-32-16-24(17-33-20)38-18-23(37)15-34-22-5-10-28(31,11-6-22)9-2-12-36-13-7-21-3-4-27(39-19-26(29)30)35-25(21)8-14-36/h3-4,16-17,22,26,34H,2,5-15,18-19H2,1H3. The first kappa shape index (κ1) is 29.2. The number of aryl methyl sites for hydroxylation is 1. The molecule has 3 heterocycles. The highest BCUT2D eigenvalue weighted by molar-refractivity contribution is 5.82. The smallest absolute Gasteiger partial charge is 0.272 e. The van der Waals surface area contributed by atoms with Gasteiger partial charge in [0, 0.05) is 37.3 Å². The van der Waals surface area contributed by atoms with Gasteiger partial charge in [-0.1, -0.05) is 6.07 Å². The van der Waals surface area contributed by atoms with Crippen LogP contribution in [0.2, 0.25) is 0 Å². The molecule has 1 aliphatic carbocycles. The van der Waals surface area contributed by atoms with E-state index < -0.39 is 18.7 Å². The lowest BCUT2D eigenvalue weighted by molar-refractivity contribution is -0.120. The van der Waals surface area contributed by atoms with Gasteiger partial charge in [0.2, 0.25) is 5.88 Å². The third-order valence-electron chi connectivity index (χ3n) is 7.49. The first-order chi connectivity index (χ1) is 18.8. The van der Waals surface area contributed by atoms with Crippen LogP contribution in [0.15, 0.2) is 24.5 Å². The van der Waals surface area contributed by atoms with E-state index in [9.17, 15) is 13.6 Å². The molecule has 1 N–H and O–H groups in total. The summed E-state index contributed by atoms with van der Waals surface area (Å²) in [5.41, 5.74) is 0.847. The number of ether oxygens (including phenoxy) is 2. The minimum absolute atomic E-state index is 0.0511. The highest BCUT2D eigenvalue weighted by atomic mass is 19.3. The summed E-state index contributed by atoms with van der Waals surface area (Å²) in [7, 11) is 0. The Balaban J connectivity index is 1.11. The second kappa shape index (κ2) is 14.0. The van der Waals surface area contributed by atoms with Crippen LogP contribution >= 0.6 is 0 Å². The van der Waals surface area contributed by atoms with Crippen LogP contribution < -0.4 is 14.8 Å². The molecule has 0 saturated heterocycles. The second-order valence-electron chi connectivity index (χ2n) is 10.5. The van der Waals surface area contributed by atoms with Crippen molar-refractivity contribution >= 4 is 5.78 Å². The summed E-state index contributed by atoms with van der Waals surface area (Å²) in [6.07, 6.45) is 5.81. The summed E-state index contributed by atoms with van der Waals surface area (Å²) in [5, 5.41) is 3.26. The van der Waals surface area contributed by atoms with E-state index in [1.165, 1.54) is 0 Å². The fourth-order valence-corrected chi connectivity index (χ4v) is 5.20. The van der Waals surface area contributed by atoms with Gasteiger partial charge in [-0.15, -0.1) is 0 Å². The van der Waals surface area contributed by atoms with Gasteiger partial charge in [0.15, 0.2) is 18.1 Å². The van der Waals surface area contributed by atoms with Crippen molar-refractivity contribution in [3.05, 3.63) is 41.6 Å². The van der Waals surface area contributed by atoms with Gasteiger partial charge in [0.1, 0.15) is 18.1 Å². The lowest BCUT2D eigenvalue weighted by Crippen LogP contribution is -2.42. The summed E-state index contributed by atoms with van der Waals surface area (Å²) >= 11 is 0. The number of hydrogen-bond acceptors (Lipinski definition) is 8. The van der Waals surface area contributed by atoms with Crippen LogP contribution in [0.5, 0.6) is 11.6 Å². The van der Waals surface area contributed by atoms with Gasteiger partial charge in [0.25, 0.3) is 6.43 Å². The first-order valence-corrected chi connectivity index (χ1v) is 13.8. The molecular weight excluding hydrogens is 511 g/mol. The Morgan fingerprint density at radius 1 is 1.15 bits per heavy atom. The number of fused-ring (bicyclic) bond motifs is 1. The maximum Gasteiger partial charge on any atom is 0.272 e. The van der Waals surface area contributed by atoms with Gasteiger partial charge in [-0.3, -0.25) is 4.79 Å². The van der Waals surface area contributed by atoms with Crippen LogP contribution in [-0.4, -0.2) is 83.2 Å². The van der Waals surface area contributed by atoms with Crippen molar-refractivity contribution in [2.24, 2.45) is 0 Å². The van der Waals surface area contributed by atoms with E-state index in [4.69, 9.17) is 9.47 Å². The predicted octanol–water partition coefficient (Wildman–Crippen LogP) is 3.89. The molecule has 1 aliphatic heterocycles. The maximum atomic E-state index is 15.5. The summed E-state index contributed by atoms with van der Waals surface area (Å²) in [6.45, 7) is 3.75. The van der Waals surface area contributed by atoms with E-state index in [1.54, 1.807) is 25.4 Å². The van der Waals surface area contributed by atoms with Crippen molar-refractivity contribution in [2.75, 3.05) is 39.4 Å². The predicted molar refractivity (Wildman–Crippen MR) is 140 cm³/mol. The summed E-state index contributed by atoms with van der Waals surface area (Å²) in [5.74, 6) is 1.27. The molecule has 0 amide bonds. The van der Waals surface area contributed by atoms with E-state index >= 15 is 4.39 Å². The van der Waals surface area contributed by atoms with Gasteiger partial charge in [-0.2, -0.15) is 0 Å². The zero-order valence-electron chi connectivity index (χ0n) is 22.5. The molecule has 1 saturated carbocycles. The van der Waals surface area contributed by atoms with Crippen LogP contribution in [0.3, 0.4) is 0 Å². The first-order valence-electron chi connectivity index (χ1n) is 13.8. The molecular formula is C28H38F3N5O3. The van der Waals surface area contributed by atoms with Crippen LogP contribution in [0, 0.1) is 6.92 Å². The Morgan fingerprint density at radius 3 is 2.64 bits per heavy atom. The minimum Gasteiger partial charge on any atom is -0.483 e. The van der Waals surface area contributed by atoms with Gasteiger partial charge in [0.05, 0.1) is 18.9 Å². The summed E-state index contributed by atoms with van der Waals surface area (Å²) < 4.78 is 50.8. The number of nitrogens with zero attached hydrogens (tertiary/aromatic N) is 4. The molecule has 0 spiro atoms. The fourth-order valence-electron chi connectivity index (χ4n) is 5.20. The number of alkyl halides is 3. The maximum absolute atomic E-state index is 15.5. The van der Waals surface area contributed by atoms with Gasteiger partial charge >= 0.3 is 0 Å². The number of pyridine rings is 1. The molecule has 0 unspecified atom stereocenters. The van der Waals surface area contributed by atoms with Crippen molar-refractivity contribution in [2.45, 2.75) is 76.4 Å². The molecule has 4 rings (SSSR count). The van der Waals surface area contributed by atoms with E-state index in [0.717, 1.165) is 50.2 Å². The number of ketones is 1. The molecule has 2 aromatic rings. The summed E-state index contributed by atoms with van der Waals surface area (Å²) in [4.78, 5) is 27.0. The van der Waals surface area contributed by atoms with Crippen molar-refractivity contribution in [3.63, 3.8) is 0 Å². The van der Waals surface area contributed by atoms with Crippen molar-refractivity contribution < 1.29 is 27.4 Å². The molecule has 11 heteroatoms. The molecule has 214 valence electrons. The van der Waals surface area contributed by atoms with Crippen molar-refractivity contribution in [3.8, 4) is 11.6 Å². The largest absolute Gasteiger partial charge is 0.483 e. The van der Waals surface area contributed by atoms with Crippen LogP contribution in [-0.2, 0) is 17.6 Å². The quantitative estimate of drug-likeness (QED) is 0.403. The third-order valence-corrected chi connectivity index (χ3v) is 7.49. The zero-order chi connectivity index (χ0) is 27.7. The molecule has 0 atom stereocenters. The number of aromatic nitrogens is 3. The van der Waals surface area contributed by atoms with Crippen molar-refractivity contribution in [1.82, 2.24) is 25.2 Å². The van der Waals surface area contributed by atoms with E-state index in [-0.39, 0.29) is 30.9 Å². The van der Waals surface area contributed by atoms with Gasteiger partial charge in [-0.05, 0) is 64.0 Å². The number of hydrogen-bond donors (Lipinski definition) is 1. The Labute approximate surface area is 227 Å². The van der Waals surface area contributed by atoms with Gasteiger partial charge < -0.3 is 19.7 Å². The highest BCUT2D eigenvalue weighted by Crippen LogP contribution is 2.36. The molecule has 39 heavy (non-hydrogen) atoms. The fraction of sp³-hybridized carbons (Fsp3) is 0.643. The van der Waals surface area contributed by atoms with Crippen molar-refractivity contribution in [1.29, 1.82) is 0 Å². The summed E-state index contributed by atoms with van der Waals surface area (Å²) in [6, 6.07) is 3.70. The third kappa shape index (κ3) is 9.42. The molecule has 2 aliphatic rings.